The third kappa shape index (κ3) is 6.36. The molecule has 0 fully saturated rings. The normalized spacial score (nSPS) is 10.5. The minimum Gasteiger partial charge on any atom is -0.497 e. The minimum atomic E-state index is -0.337. The smallest absolute Gasteiger partial charge is 0.262 e. The lowest BCUT2D eigenvalue weighted by Crippen LogP contribution is -2.20. The van der Waals surface area contributed by atoms with E-state index in [1.54, 1.807) is 73.8 Å². The zero-order valence-corrected chi connectivity index (χ0v) is 18.7. The van der Waals surface area contributed by atoms with Gasteiger partial charge >= 0.3 is 0 Å². The number of benzene rings is 3. The van der Waals surface area contributed by atoms with Crippen molar-refractivity contribution in [1.82, 2.24) is 0 Å². The summed E-state index contributed by atoms with van der Waals surface area (Å²) < 4.78 is 21.3. The molecule has 7 heteroatoms. The summed E-state index contributed by atoms with van der Waals surface area (Å²) in [7, 11) is 4.62. The molecule has 0 atom stereocenters. The van der Waals surface area contributed by atoms with Crippen LogP contribution in [0.2, 0.25) is 0 Å². The molecule has 1 N–H and O–H groups in total. The number of hydrogen-bond acceptors (Lipinski definition) is 6. The standard InChI is InChI=1S/C26H25NO6/c1-30-20-12-10-19(11-13-20)22(28)14-8-18-9-15-24(25(16-18)32-3)33-17-26(29)27-21-6-4-5-7-23(21)31-2/h4-16H,17H2,1-3H3,(H,27,29)/b14-8+. The van der Waals surface area contributed by atoms with Crippen LogP contribution in [0, 0.1) is 0 Å². The van der Waals surface area contributed by atoms with E-state index in [1.165, 1.54) is 20.3 Å². The molecular weight excluding hydrogens is 422 g/mol. The SMILES string of the molecule is COc1ccc(C(=O)/C=C/c2ccc(OCC(=O)Nc3ccccc3OC)c(OC)c2)cc1. The van der Waals surface area contributed by atoms with Crippen LogP contribution in [0.3, 0.4) is 0 Å². The van der Waals surface area contributed by atoms with Crippen molar-refractivity contribution in [3.63, 3.8) is 0 Å². The van der Waals surface area contributed by atoms with Crippen LogP contribution in [0.4, 0.5) is 5.69 Å². The molecule has 0 saturated heterocycles. The van der Waals surface area contributed by atoms with Gasteiger partial charge in [0, 0.05) is 5.56 Å². The average molecular weight is 447 g/mol. The van der Waals surface area contributed by atoms with E-state index in [0.29, 0.717) is 34.2 Å². The van der Waals surface area contributed by atoms with E-state index >= 15 is 0 Å². The van der Waals surface area contributed by atoms with E-state index in [4.69, 9.17) is 18.9 Å². The number of anilines is 1. The first-order chi connectivity index (χ1) is 16.0. The van der Waals surface area contributed by atoms with E-state index in [2.05, 4.69) is 5.32 Å². The maximum absolute atomic E-state index is 12.4. The number of carbonyl (C=O) groups excluding carboxylic acids is 2. The van der Waals surface area contributed by atoms with Crippen molar-refractivity contribution in [1.29, 1.82) is 0 Å². The van der Waals surface area contributed by atoms with Gasteiger partial charge in [-0.15, -0.1) is 0 Å². The van der Waals surface area contributed by atoms with Gasteiger partial charge in [-0.05, 0) is 60.2 Å². The van der Waals surface area contributed by atoms with Gasteiger partial charge in [-0.3, -0.25) is 9.59 Å². The molecule has 3 aromatic carbocycles. The van der Waals surface area contributed by atoms with Crippen molar-refractivity contribution in [2.24, 2.45) is 0 Å². The van der Waals surface area contributed by atoms with Gasteiger partial charge < -0.3 is 24.3 Å². The molecule has 0 bridgehead atoms. The van der Waals surface area contributed by atoms with Crippen LogP contribution in [0.1, 0.15) is 15.9 Å². The molecule has 0 radical (unpaired) electrons. The predicted molar refractivity (Wildman–Crippen MR) is 126 cm³/mol. The van der Waals surface area contributed by atoms with E-state index in [-0.39, 0.29) is 18.3 Å². The Kier molecular flexibility index (Phi) is 8.07. The number of amides is 1. The number of hydrogen-bond donors (Lipinski definition) is 1. The number of allylic oxidation sites excluding steroid dienone is 1. The van der Waals surface area contributed by atoms with Crippen molar-refractivity contribution in [2.75, 3.05) is 33.3 Å². The monoisotopic (exact) mass is 447 g/mol. The molecule has 0 heterocycles. The van der Waals surface area contributed by atoms with Crippen LogP contribution in [0.5, 0.6) is 23.0 Å². The highest BCUT2D eigenvalue weighted by molar-refractivity contribution is 6.06. The predicted octanol–water partition coefficient (Wildman–Crippen LogP) is 4.63. The number of ether oxygens (including phenoxy) is 4. The van der Waals surface area contributed by atoms with E-state index in [0.717, 1.165) is 5.56 Å². The second-order valence-electron chi connectivity index (χ2n) is 6.87. The Hall–Kier alpha value is -4.26. The number of rotatable bonds is 10. The molecule has 0 spiro atoms. The number of ketones is 1. The second-order valence-corrected chi connectivity index (χ2v) is 6.87. The lowest BCUT2D eigenvalue weighted by molar-refractivity contribution is -0.118. The van der Waals surface area contributed by atoms with Crippen molar-refractivity contribution in [2.45, 2.75) is 0 Å². The Morgan fingerprint density at radius 3 is 2.24 bits per heavy atom. The molecule has 1 amide bonds. The zero-order chi connectivity index (χ0) is 23.6. The molecule has 0 unspecified atom stereocenters. The fourth-order valence-electron chi connectivity index (χ4n) is 3.01. The number of carbonyl (C=O) groups is 2. The van der Waals surface area contributed by atoms with Crippen molar-refractivity contribution < 1.29 is 28.5 Å². The summed E-state index contributed by atoms with van der Waals surface area (Å²) in [5.74, 6) is 1.63. The van der Waals surface area contributed by atoms with Gasteiger partial charge in [0.15, 0.2) is 23.9 Å². The van der Waals surface area contributed by atoms with Crippen LogP contribution >= 0.6 is 0 Å². The highest BCUT2D eigenvalue weighted by atomic mass is 16.5. The van der Waals surface area contributed by atoms with Gasteiger partial charge in [0.25, 0.3) is 5.91 Å². The maximum Gasteiger partial charge on any atom is 0.262 e. The molecule has 33 heavy (non-hydrogen) atoms. The highest BCUT2D eigenvalue weighted by Crippen LogP contribution is 2.29. The lowest BCUT2D eigenvalue weighted by atomic mass is 10.1. The summed E-state index contributed by atoms with van der Waals surface area (Å²) in [4.78, 5) is 24.7. The van der Waals surface area contributed by atoms with Crippen LogP contribution < -0.4 is 24.3 Å². The third-order valence-electron chi connectivity index (χ3n) is 4.73. The Bertz CT molecular complexity index is 1140. The molecule has 170 valence electrons. The summed E-state index contributed by atoms with van der Waals surface area (Å²) in [5, 5.41) is 2.75. The molecule has 0 aliphatic carbocycles. The van der Waals surface area contributed by atoms with Crippen LogP contribution in [-0.2, 0) is 4.79 Å². The summed E-state index contributed by atoms with van der Waals surface area (Å²) >= 11 is 0. The van der Waals surface area contributed by atoms with Gasteiger partial charge in [0.1, 0.15) is 11.5 Å². The van der Waals surface area contributed by atoms with E-state index in [1.807, 2.05) is 6.07 Å². The summed E-state index contributed by atoms with van der Waals surface area (Å²) in [6.07, 6.45) is 3.17. The minimum absolute atomic E-state index is 0.134. The lowest BCUT2D eigenvalue weighted by Gasteiger charge is -2.13. The van der Waals surface area contributed by atoms with Crippen LogP contribution in [-0.4, -0.2) is 39.6 Å². The van der Waals surface area contributed by atoms with Gasteiger partial charge in [-0.1, -0.05) is 24.3 Å². The third-order valence-corrected chi connectivity index (χ3v) is 4.73. The molecule has 3 aromatic rings. The second kappa shape index (κ2) is 11.4. The largest absolute Gasteiger partial charge is 0.497 e. The number of nitrogens with one attached hydrogen (secondary N) is 1. The van der Waals surface area contributed by atoms with Crippen molar-refractivity contribution >= 4 is 23.5 Å². The topological polar surface area (TPSA) is 83.1 Å². The van der Waals surface area contributed by atoms with Crippen molar-refractivity contribution in [3.8, 4) is 23.0 Å². The Labute approximate surface area is 192 Å². The summed E-state index contributed by atoms with van der Waals surface area (Å²) in [6, 6.07) is 19.2. The molecule has 0 saturated carbocycles. The first kappa shape index (κ1) is 23.4. The van der Waals surface area contributed by atoms with Gasteiger partial charge in [-0.25, -0.2) is 0 Å². The molecule has 0 aliphatic rings. The number of para-hydroxylation sites is 2. The average Bonchev–Trinajstić information content (AvgIpc) is 2.86. The van der Waals surface area contributed by atoms with Crippen LogP contribution in [0.15, 0.2) is 72.8 Å². The Morgan fingerprint density at radius 1 is 0.818 bits per heavy atom. The first-order valence-corrected chi connectivity index (χ1v) is 10.1. The Morgan fingerprint density at radius 2 is 1.55 bits per heavy atom. The van der Waals surface area contributed by atoms with E-state index < -0.39 is 0 Å². The van der Waals surface area contributed by atoms with Gasteiger partial charge in [-0.2, -0.15) is 0 Å². The quantitative estimate of drug-likeness (QED) is 0.361. The highest BCUT2D eigenvalue weighted by Gasteiger charge is 2.11. The summed E-state index contributed by atoms with van der Waals surface area (Å²) in [5.41, 5.74) is 1.86. The molecule has 3 rings (SSSR count). The van der Waals surface area contributed by atoms with Crippen molar-refractivity contribution in [3.05, 3.63) is 83.9 Å². The molecular formula is C26H25NO6. The summed E-state index contributed by atoms with van der Waals surface area (Å²) in [6.45, 7) is -0.209. The Balaban J connectivity index is 1.62. The molecule has 7 nitrogen and oxygen atoms in total. The number of methoxy groups -OCH3 is 3. The van der Waals surface area contributed by atoms with Gasteiger partial charge in [0.05, 0.1) is 27.0 Å². The maximum atomic E-state index is 12.4. The first-order valence-electron chi connectivity index (χ1n) is 10.1. The zero-order valence-electron chi connectivity index (χ0n) is 18.7. The molecule has 0 aromatic heterocycles. The fourth-order valence-corrected chi connectivity index (χ4v) is 3.01. The fraction of sp³-hybridized carbons (Fsp3) is 0.154. The van der Waals surface area contributed by atoms with Crippen LogP contribution in [0.25, 0.3) is 6.08 Å². The van der Waals surface area contributed by atoms with Gasteiger partial charge in [0.2, 0.25) is 0 Å². The molecule has 0 aliphatic heterocycles. The van der Waals surface area contributed by atoms with E-state index in [9.17, 15) is 9.59 Å².